The first kappa shape index (κ1) is 18.1. The largest absolute Gasteiger partial charge is 0.450 e. The molecule has 0 unspecified atom stereocenters. The molecule has 1 aliphatic rings. The summed E-state index contributed by atoms with van der Waals surface area (Å²) in [5, 5.41) is 5.88. The molecule has 0 bridgehead atoms. The molecule has 0 saturated carbocycles. The van der Waals surface area contributed by atoms with Crippen LogP contribution in [-0.2, 0) is 11.2 Å². The first-order chi connectivity index (χ1) is 11.6. The molecule has 2 N–H and O–H groups in total. The van der Waals surface area contributed by atoms with E-state index in [9.17, 15) is 9.59 Å². The number of urea groups is 1. The molecule has 132 valence electrons. The molecule has 0 radical (unpaired) electrons. The number of hydrogen-bond donors (Lipinski definition) is 2. The van der Waals surface area contributed by atoms with Gasteiger partial charge in [0.05, 0.1) is 6.61 Å². The Balaban J connectivity index is 1.64. The summed E-state index contributed by atoms with van der Waals surface area (Å²) in [5.41, 5.74) is 2.45. The van der Waals surface area contributed by atoms with Gasteiger partial charge in [-0.25, -0.2) is 9.59 Å². The molecular formula is C18H27N3O3. The Morgan fingerprint density at radius 1 is 1.29 bits per heavy atom. The fourth-order valence-electron chi connectivity index (χ4n) is 2.85. The average Bonchev–Trinajstić information content (AvgIpc) is 2.56. The summed E-state index contributed by atoms with van der Waals surface area (Å²) in [6.07, 6.45) is 2.06. The minimum Gasteiger partial charge on any atom is -0.450 e. The monoisotopic (exact) mass is 333 g/mol. The van der Waals surface area contributed by atoms with Crippen LogP contribution in [0.4, 0.5) is 9.59 Å². The molecular weight excluding hydrogens is 306 g/mol. The molecule has 1 aromatic carbocycles. The van der Waals surface area contributed by atoms with Gasteiger partial charge in [-0.05, 0) is 38.7 Å². The topological polar surface area (TPSA) is 70.7 Å². The number of aryl methyl sites for hydroxylation is 1. The zero-order chi connectivity index (χ0) is 17.4. The number of nitrogens with zero attached hydrogens (tertiary/aromatic N) is 1. The predicted molar refractivity (Wildman–Crippen MR) is 93.0 cm³/mol. The van der Waals surface area contributed by atoms with Crippen molar-refractivity contribution in [2.24, 2.45) is 0 Å². The maximum atomic E-state index is 12.0. The zero-order valence-electron chi connectivity index (χ0n) is 14.5. The maximum absolute atomic E-state index is 12.0. The molecule has 3 amide bonds. The second-order valence-corrected chi connectivity index (χ2v) is 6.10. The second-order valence-electron chi connectivity index (χ2n) is 6.10. The summed E-state index contributed by atoms with van der Waals surface area (Å²) in [6.45, 7) is 6.09. The lowest BCUT2D eigenvalue weighted by atomic mass is 10.1. The van der Waals surface area contributed by atoms with Crippen molar-refractivity contribution in [3.05, 3.63) is 35.4 Å². The van der Waals surface area contributed by atoms with E-state index in [4.69, 9.17) is 4.74 Å². The quantitative estimate of drug-likeness (QED) is 0.869. The van der Waals surface area contributed by atoms with E-state index < -0.39 is 0 Å². The number of carbonyl (C=O) groups is 2. The van der Waals surface area contributed by atoms with Crippen molar-refractivity contribution in [1.82, 2.24) is 15.5 Å². The number of likely N-dealkylation sites (tertiary alicyclic amines) is 1. The number of nitrogens with one attached hydrogen (secondary N) is 2. The highest BCUT2D eigenvalue weighted by Crippen LogP contribution is 2.11. The fourth-order valence-corrected chi connectivity index (χ4v) is 2.85. The number of piperidine rings is 1. The van der Waals surface area contributed by atoms with Gasteiger partial charge in [0.2, 0.25) is 0 Å². The minimum absolute atomic E-state index is 0.106. The summed E-state index contributed by atoms with van der Waals surface area (Å²) in [4.78, 5) is 25.3. The van der Waals surface area contributed by atoms with Gasteiger partial charge in [-0.3, -0.25) is 0 Å². The third-order valence-corrected chi connectivity index (χ3v) is 4.14. The van der Waals surface area contributed by atoms with Crippen LogP contribution >= 0.6 is 0 Å². The van der Waals surface area contributed by atoms with Gasteiger partial charge >= 0.3 is 12.1 Å². The Morgan fingerprint density at radius 3 is 2.71 bits per heavy atom. The highest BCUT2D eigenvalue weighted by molar-refractivity contribution is 5.74. The van der Waals surface area contributed by atoms with Gasteiger partial charge in [-0.2, -0.15) is 0 Å². The van der Waals surface area contributed by atoms with E-state index in [-0.39, 0.29) is 18.2 Å². The Kier molecular flexibility index (Phi) is 6.90. The van der Waals surface area contributed by atoms with E-state index >= 15 is 0 Å². The van der Waals surface area contributed by atoms with Crippen molar-refractivity contribution in [3.63, 3.8) is 0 Å². The Labute approximate surface area is 143 Å². The summed E-state index contributed by atoms with van der Waals surface area (Å²) in [7, 11) is 0. The van der Waals surface area contributed by atoms with Crippen molar-refractivity contribution >= 4 is 12.1 Å². The molecule has 1 fully saturated rings. The average molecular weight is 333 g/mol. The van der Waals surface area contributed by atoms with Crippen molar-refractivity contribution in [3.8, 4) is 0 Å². The molecule has 2 rings (SSSR count). The first-order valence-electron chi connectivity index (χ1n) is 8.60. The summed E-state index contributed by atoms with van der Waals surface area (Å²) < 4.78 is 4.99. The molecule has 6 nitrogen and oxygen atoms in total. The number of rotatable bonds is 5. The van der Waals surface area contributed by atoms with E-state index in [1.807, 2.05) is 6.07 Å². The van der Waals surface area contributed by atoms with Crippen LogP contribution in [0.15, 0.2) is 24.3 Å². The lowest BCUT2D eigenvalue weighted by Crippen LogP contribution is -2.49. The molecule has 0 aromatic heterocycles. The molecule has 6 heteroatoms. The highest BCUT2D eigenvalue weighted by Gasteiger charge is 2.24. The number of benzene rings is 1. The Bertz CT molecular complexity index is 554. The smallest absolute Gasteiger partial charge is 0.409 e. The summed E-state index contributed by atoms with van der Waals surface area (Å²) in [6, 6.07) is 8.25. The fraction of sp³-hybridized carbons (Fsp3) is 0.556. The predicted octanol–water partition coefficient (Wildman–Crippen LogP) is 2.46. The highest BCUT2D eigenvalue weighted by atomic mass is 16.6. The molecule has 24 heavy (non-hydrogen) atoms. The molecule has 0 aliphatic carbocycles. The lowest BCUT2D eigenvalue weighted by Gasteiger charge is -2.31. The van der Waals surface area contributed by atoms with Gasteiger partial charge in [0.1, 0.15) is 0 Å². The SMILES string of the molecule is CCOC(=O)N1CCC(NC(=O)NCCc2cccc(C)c2)CC1. The van der Waals surface area contributed by atoms with Crippen molar-refractivity contribution in [2.45, 2.75) is 39.2 Å². The van der Waals surface area contributed by atoms with Crippen LogP contribution in [0.2, 0.25) is 0 Å². The standard InChI is InChI=1S/C18H27N3O3/c1-3-24-18(23)21-11-8-16(9-12-21)20-17(22)19-10-7-15-6-4-5-14(2)13-15/h4-6,13,16H,3,7-12H2,1-2H3,(H2,19,20,22). The van der Waals surface area contributed by atoms with E-state index in [2.05, 4.69) is 35.8 Å². The second kappa shape index (κ2) is 9.15. The molecule has 0 atom stereocenters. The maximum Gasteiger partial charge on any atom is 0.409 e. The van der Waals surface area contributed by atoms with Gasteiger partial charge in [-0.15, -0.1) is 0 Å². The Hall–Kier alpha value is -2.24. The molecule has 1 aliphatic heterocycles. The van der Waals surface area contributed by atoms with Crippen LogP contribution in [0.1, 0.15) is 30.9 Å². The minimum atomic E-state index is -0.265. The van der Waals surface area contributed by atoms with Crippen molar-refractivity contribution < 1.29 is 14.3 Å². The van der Waals surface area contributed by atoms with Crippen LogP contribution in [0, 0.1) is 6.92 Å². The normalized spacial score (nSPS) is 15.0. The van der Waals surface area contributed by atoms with Gasteiger partial charge in [0, 0.05) is 25.7 Å². The Morgan fingerprint density at radius 2 is 2.04 bits per heavy atom. The van der Waals surface area contributed by atoms with Crippen LogP contribution in [-0.4, -0.2) is 49.3 Å². The first-order valence-corrected chi connectivity index (χ1v) is 8.60. The molecule has 1 heterocycles. The van der Waals surface area contributed by atoms with Crippen LogP contribution in [0.25, 0.3) is 0 Å². The molecule has 1 saturated heterocycles. The van der Waals surface area contributed by atoms with E-state index in [1.54, 1.807) is 11.8 Å². The van der Waals surface area contributed by atoms with Gasteiger partial charge in [-0.1, -0.05) is 29.8 Å². The van der Waals surface area contributed by atoms with E-state index in [0.717, 1.165) is 19.3 Å². The van der Waals surface area contributed by atoms with Gasteiger partial charge in [0.15, 0.2) is 0 Å². The lowest BCUT2D eigenvalue weighted by molar-refractivity contribution is 0.0957. The van der Waals surface area contributed by atoms with Crippen LogP contribution in [0.5, 0.6) is 0 Å². The van der Waals surface area contributed by atoms with E-state index in [1.165, 1.54) is 11.1 Å². The third-order valence-electron chi connectivity index (χ3n) is 4.14. The van der Waals surface area contributed by atoms with Gasteiger partial charge < -0.3 is 20.3 Å². The van der Waals surface area contributed by atoms with Crippen molar-refractivity contribution in [2.75, 3.05) is 26.2 Å². The zero-order valence-corrected chi connectivity index (χ0v) is 14.5. The van der Waals surface area contributed by atoms with E-state index in [0.29, 0.717) is 26.2 Å². The number of hydrogen-bond acceptors (Lipinski definition) is 3. The van der Waals surface area contributed by atoms with Crippen LogP contribution in [0.3, 0.4) is 0 Å². The van der Waals surface area contributed by atoms with Crippen LogP contribution < -0.4 is 10.6 Å². The number of ether oxygens (including phenoxy) is 1. The number of amides is 3. The molecule has 0 spiro atoms. The molecule has 1 aromatic rings. The third kappa shape index (κ3) is 5.76. The van der Waals surface area contributed by atoms with Gasteiger partial charge in [0.25, 0.3) is 0 Å². The summed E-state index contributed by atoms with van der Waals surface area (Å²) >= 11 is 0. The summed E-state index contributed by atoms with van der Waals surface area (Å²) in [5.74, 6) is 0. The number of carbonyl (C=O) groups excluding carboxylic acids is 2. The van der Waals surface area contributed by atoms with Crippen molar-refractivity contribution in [1.29, 1.82) is 0 Å².